The molecule has 1 N–H and O–H groups in total. The monoisotopic (exact) mass is 396 g/mol. The number of hydrogen-bond acceptors (Lipinski definition) is 4. The average molecular weight is 397 g/mol. The van der Waals surface area contributed by atoms with Gasteiger partial charge in [0.25, 0.3) is 0 Å². The van der Waals surface area contributed by atoms with E-state index in [4.69, 9.17) is 21.1 Å². The maximum atomic E-state index is 12.5. The molecule has 0 aliphatic carbocycles. The molecule has 1 amide bonds. The van der Waals surface area contributed by atoms with Crippen LogP contribution in [0.15, 0.2) is 42.5 Å². The molecule has 2 aromatic carbocycles. The summed E-state index contributed by atoms with van der Waals surface area (Å²) in [6.07, 6.45) is 3.20. The lowest BCUT2D eigenvalue weighted by atomic mass is 10.1. The van der Waals surface area contributed by atoms with Crippen molar-refractivity contribution in [3.8, 4) is 11.5 Å². The third-order valence-corrected chi connectivity index (χ3v) is 4.80. The summed E-state index contributed by atoms with van der Waals surface area (Å²) in [4.78, 5) is 17.0. The van der Waals surface area contributed by atoms with Crippen molar-refractivity contribution in [2.75, 3.05) is 19.5 Å². The van der Waals surface area contributed by atoms with Crippen LogP contribution in [0.3, 0.4) is 0 Å². The van der Waals surface area contributed by atoms with E-state index in [9.17, 15) is 4.79 Å². The molecule has 0 saturated carbocycles. The predicted octanol–water partition coefficient (Wildman–Crippen LogP) is 5.17. The molecule has 3 rings (SSSR count). The van der Waals surface area contributed by atoms with Crippen molar-refractivity contribution in [3.05, 3.63) is 64.3 Å². The molecule has 6 heteroatoms. The zero-order valence-electron chi connectivity index (χ0n) is 16.2. The first kappa shape index (κ1) is 19.7. The number of ether oxygens (including phenoxy) is 2. The first-order chi connectivity index (χ1) is 13.4. The van der Waals surface area contributed by atoms with Crippen molar-refractivity contribution in [1.82, 2.24) is 4.98 Å². The highest BCUT2D eigenvalue weighted by atomic mass is 35.5. The molecule has 0 radical (unpaired) electrons. The summed E-state index contributed by atoms with van der Waals surface area (Å²) in [5.74, 6) is 0.999. The Balaban J connectivity index is 1.86. The summed E-state index contributed by atoms with van der Waals surface area (Å²) in [5, 5.41) is 4.43. The molecule has 0 aliphatic rings. The fraction of sp³-hybridized carbons (Fsp3) is 0.182. The van der Waals surface area contributed by atoms with Crippen molar-refractivity contribution >= 4 is 40.2 Å². The molecule has 0 saturated heterocycles. The Morgan fingerprint density at radius 1 is 1.07 bits per heavy atom. The first-order valence-corrected chi connectivity index (χ1v) is 9.08. The fourth-order valence-corrected chi connectivity index (χ4v) is 3.09. The third-order valence-electron chi connectivity index (χ3n) is 4.39. The number of anilines is 1. The van der Waals surface area contributed by atoms with E-state index in [1.807, 2.05) is 38.1 Å². The van der Waals surface area contributed by atoms with Gasteiger partial charge in [0.2, 0.25) is 5.91 Å². The maximum Gasteiger partial charge on any atom is 0.248 e. The SMILES string of the molecule is COc1ccc(/C=C/C(=O)Nc2cc(C)nc3c(C)c(Cl)ccc23)cc1OC. The number of fused-ring (bicyclic) bond motifs is 1. The second kappa shape index (κ2) is 8.31. The highest BCUT2D eigenvalue weighted by molar-refractivity contribution is 6.32. The number of nitrogens with zero attached hydrogens (tertiary/aromatic N) is 1. The van der Waals surface area contributed by atoms with Gasteiger partial charge in [0, 0.05) is 22.2 Å². The van der Waals surface area contributed by atoms with Gasteiger partial charge < -0.3 is 14.8 Å². The normalized spacial score (nSPS) is 11.0. The summed E-state index contributed by atoms with van der Waals surface area (Å²) < 4.78 is 10.5. The van der Waals surface area contributed by atoms with Crippen LogP contribution in [-0.2, 0) is 4.79 Å². The van der Waals surface area contributed by atoms with Gasteiger partial charge in [-0.25, -0.2) is 0 Å². The Morgan fingerprint density at radius 2 is 1.82 bits per heavy atom. The molecular weight excluding hydrogens is 376 g/mol. The molecule has 1 aromatic heterocycles. The molecule has 1 heterocycles. The Morgan fingerprint density at radius 3 is 2.54 bits per heavy atom. The number of halogens is 1. The van der Waals surface area contributed by atoms with Gasteiger partial charge in [-0.2, -0.15) is 0 Å². The minimum atomic E-state index is -0.241. The van der Waals surface area contributed by atoms with Crippen LogP contribution in [0.2, 0.25) is 5.02 Å². The second-order valence-electron chi connectivity index (χ2n) is 6.32. The largest absolute Gasteiger partial charge is 0.493 e. The van der Waals surface area contributed by atoms with Crippen LogP contribution in [0.4, 0.5) is 5.69 Å². The summed E-state index contributed by atoms with van der Waals surface area (Å²) in [7, 11) is 3.15. The number of pyridine rings is 1. The Labute approximate surface area is 168 Å². The second-order valence-corrected chi connectivity index (χ2v) is 6.72. The molecule has 0 bridgehead atoms. The average Bonchev–Trinajstić information content (AvgIpc) is 2.69. The van der Waals surface area contributed by atoms with Crippen molar-refractivity contribution in [2.45, 2.75) is 13.8 Å². The van der Waals surface area contributed by atoms with E-state index in [0.29, 0.717) is 22.2 Å². The van der Waals surface area contributed by atoms with Crippen LogP contribution in [0.5, 0.6) is 11.5 Å². The van der Waals surface area contributed by atoms with Crippen molar-refractivity contribution < 1.29 is 14.3 Å². The van der Waals surface area contributed by atoms with Crippen LogP contribution in [0.25, 0.3) is 17.0 Å². The van der Waals surface area contributed by atoms with Gasteiger partial charge in [-0.1, -0.05) is 17.7 Å². The number of aromatic nitrogens is 1. The van der Waals surface area contributed by atoms with Crippen molar-refractivity contribution in [1.29, 1.82) is 0 Å². The molecule has 0 atom stereocenters. The number of rotatable bonds is 5. The number of amides is 1. The summed E-state index contributed by atoms with van der Waals surface area (Å²) in [5.41, 5.74) is 4.00. The van der Waals surface area contributed by atoms with E-state index >= 15 is 0 Å². The molecule has 0 aliphatic heterocycles. The highest BCUT2D eigenvalue weighted by Crippen LogP contribution is 2.30. The first-order valence-electron chi connectivity index (χ1n) is 8.70. The zero-order valence-corrected chi connectivity index (χ0v) is 16.9. The fourth-order valence-electron chi connectivity index (χ4n) is 2.94. The smallest absolute Gasteiger partial charge is 0.248 e. The number of hydrogen-bond donors (Lipinski definition) is 1. The van der Waals surface area contributed by atoms with E-state index in [-0.39, 0.29) is 5.91 Å². The molecule has 28 heavy (non-hydrogen) atoms. The van der Waals surface area contributed by atoms with Gasteiger partial charge >= 0.3 is 0 Å². The van der Waals surface area contributed by atoms with Crippen LogP contribution in [-0.4, -0.2) is 25.1 Å². The van der Waals surface area contributed by atoms with Gasteiger partial charge in [-0.3, -0.25) is 9.78 Å². The van der Waals surface area contributed by atoms with Gasteiger partial charge in [0.1, 0.15) is 0 Å². The quantitative estimate of drug-likeness (QED) is 0.604. The Hall–Kier alpha value is -3.05. The van der Waals surface area contributed by atoms with Crippen LogP contribution < -0.4 is 14.8 Å². The van der Waals surface area contributed by atoms with Crippen LogP contribution in [0, 0.1) is 13.8 Å². The lowest BCUT2D eigenvalue weighted by Gasteiger charge is -2.11. The number of carbonyl (C=O) groups excluding carboxylic acids is 1. The summed E-state index contributed by atoms with van der Waals surface area (Å²) >= 11 is 6.20. The number of nitrogens with one attached hydrogen (secondary N) is 1. The Bertz CT molecular complexity index is 1080. The van der Waals surface area contributed by atoms with Crippen LogP contribution >= 0.6 is 11.6 Å². The molecule has 0 unspecified atom stereocenters. The number of aryl methyl sites for hydroxylation is 2. The van der Waals surface area contributed by atoms with Gasteiger partial charge in [-0.15, -0.1) is 0 Å². The Kier molecular flexibility index (Phi) is 5.85. The molecule has 0 spiro atoms. The number of carbonyl (C=O) groups is 1. The summed E-state index contributed by atoms with van der Waals surface area (Å²) in [6, 6.07) is 11.0. The third kappa shape index (κ3) is 4.10. The molecule has 144 valence electrons. The van der Waals surface area contributed by atoms with Crippen LogP contribution in [0.1, 0.15) is 16.8 Å². The molecule has 5 nitrogen and oxygen atoms in total. The van der Waals surface area contributed by atoms with E-state index < -0.39 is 0 Å². The van der Waals surface area contributed by atoms with Gasteiger partial charge in [0.15, 0.2) is 11.5 Å². The summed E-state index contributed by atoms with van der Waals surface area (Å²) in [6.45, 7) is 3.80. The minimum Gasteiger partial charge on any atom is -0.493 e. The molecular formula is C22H21ClN2O3. The van der Waals surface area contributed by atoms with Gasteiger partial charge in [0.05, 0.1) is 25.4 Å². The molecule has 0 fully saturated rings. The van der Waals surface area contributed by atoms with E-state index in [1.54, 1.807) is 32.4 Å². The standard InChI is InChI=1S/C22H21ClN2O3/c1-13-11-18(16-7-8-17(23)14(2)22(16)24-13)25-21(26)10-6-15-5-9-19(27-3)20(12-15)28-4/h5-12H,1-4H3,(H,24,25,26)/b10-6+. The lowest BCUT2D eigenvalue weighted by Crippen LogP contribution is -2.09. The highest BCUT2D eigenvalue weighted by Gasteiger charge is 2.10. The maximum absolute atomic E-state index is 12.5. The van der Waals surface area contributed by atoms with E-state index in [2.05, 4.69) is 10.3 Å². The van der Waals surface area contributed by atoms with Crippen molar-refractivity contribution in [2.24, 2.45) is 0 Å². The zero-order chi connectivity index (χ0) is 20.3. The topological polar surface area (TPSA) is 60.5 Å². The minimum absolute atomic E-state index is 0.241. The molecule has 3 aromatic rings. The number of methoxy groups -OCH3 is 2. The van der Waals surface area contributed by atoms with E-state index in [0.717, 1.165) is 27.7 Å². The lowest BCUT2D eigenvalue weighted by molar-refractivity contribution is -0.111. The number of benzene rings is 2. The van der Waals surface area contributed by atoms with E-state index in [1.165, 1.54) is 6.08 Å². The predicted molar refractivity (Wildman–Crippen MR) is 113 cm³/mol. The van der Waals surface area contributed by atoms with Crippen molar-refractivity contribution in [3.63, 3.8) is 0 Å². The van der Waals surface area contributed by atoms with Gasteiger partial charge in [-0.05, 0) is 61.4 Å².